The van der Waals surface area contributed by atoms with Gasteiger partial charge >= 0.3 is 5.69 Å². The Bertz CT molecular complexity index is 792. The third-order valence-corrected chi connectivity index (χ3v) is 5.82. The summed E-state index contributed by atoms with van der Waals surface area (Å²) >= 11 is 0. The van der Waals surface area contributed by atoms with Crippen LogP contribution in [0.25, 0.3) is 0 Å². The molecule has 0 atom stereocenters. The molecular weight excluding hydrogens is 368 g/mol. The monoisotopic (exact) mass is 398 g/mol. The summed E-state index contributed by atoms with van der Waals surface area (Å²) in [6, 6.07) is 9.27. The van der Waals surface area contributed by atoms with E-state index in [-0.39, 0.29) is 10.6 Å². The Labute approximate surface area is 172 Å². The van der Waals surface area contributed by atoms with Gasteiger partial charge < -0.3 is 10.5 Å². The molecular formula is C22H30N4O3. The molecule has 7 heteroatoms. The zero-order valence-electron chi connectivity index (χ0n) is 17.0. The summed E-state index contributed by atoms with van der Waals surface area (Å²) in [5.74, 6) is 1.58. The number of pyridine rings is 1. The number of hydrogen-bond acceptors (Lipinski definition) is 6. The SMILES string of the molecule is COc1ccc(CN(Cc2ccncc2)CC2CCC(CN)CC2)cc1[N+](=O)[O-]. The molecule has 0 saturated heterocycles. The van der Waals surface area contributed by atoms with Crippen LogP contribution >= 0.6 is 0 Å². The molecule has 2 N–H and O–H groups in total. The number of nitro benzene ring substituents is 1. The first-order valence-electron chi connectivity index (χ1n) is 10.2. The van der Waals surface area contributed by atoms with Gasteiger partial charge in [-0.15, -0.1) is 0 Å². The Kier molecular flexibility index (Phi) is 7.55. The van der Waals surface area contributed by atoms with Crippen LogP contribution in [0.15, 0.2) is 42.7 Å². The first kappa shape index (κ1) is 21.2. The van der Waals surface area contributed by atoms with E-state index < -0.39 is 0 Å². The fraction of sp³-hybridized carbons (Fsp3) is 0.500. The van der Waals surface area contributed by atoms with Crippen LogP contribution < -0.4 is 10.5 Å². The van der Waals surface area contributed by atoms with Gasteiger partial charge in [-0.1, -0.05) is 6.07 Å². The number of hydrogen-bond donors (Lipinski definition) is 1. The highest BCUT2D eigenvalue weighted by atomic mass is 16.6. The van der Waals surface area contributed by atoms with E-state index in [1.54, 1.807) is 24.5 Å². The molecule has 1 aromatic carbocycles. The van der Waals surface area contributed by atoms with Gasteiger partial charge in [0.2, 0.25) is 0 Å². The average molecular weight is 399 g/mol. The number of methoxy groups -OCH3 is 1. The van der Waals surface area contributed by atoms with Gasteiger partial charge in [-0.05, 0) is 73.4 Å². The molecule has 7 nitrogen and oxygen atoms in total. The van der Waals surface area contributed by atoms with Crippen molar-refractivity contribution in [2.75, 3.05) is 20.2 Å². The van der Waals surface area contributed by atoms with Crippen LogP contribution in [-0.4, -0.2) is 35.0 Å². The second-order valence-electron chi connectivity index (χ2n) is 7.91. The highest BCUT2D eigenvalue weighted by molar-refractivity contribution is 5.48. The van der Waals surface area contributed by atoms with Crippen molar-refractivity contribution in [3.63, 3.8) is 0 Å². The van der Waals surface area contributed by atoms with Crippen LogP contribution in [0.5, 0.6) is 5.75 Å². The van der Waals surface area contributed by atoms with E-state index in [0.29, 0.717) is 24.1 Å². The van der Waals surface area contributed by atoms with E-state index in [1.807, 2.05) is 18.2 Å². The van der Waals surface area contributed by atoms with Gasteiger partial charge in [0.15, 0.2) is 5.75 Å². The Balaban J connectivity index is 1.74. The highest BCUT2D eigenvalue weighted by Gasteiger charge is 2.23. The van der Waals surface area contributed by atoms with Crippen LogP contribution in [0.3, 0.4) is 0 Å². The molecule has 0 unspecified atom stereocenters. The Morgan fingerprint density at radius 1 is 1.10 bits per heavy atom. The van der Waals surface area contributed by atoms with Crippen molar-refractivity contribution >= 4 is 5.69 Å². The van der Waals surface area contributed by atoms with Gasteiger partial charge in [-0.3, -0.25) is 20.0 Å². The van der Waals surface area contributed by atoms with E-state index in [4.69, 9.17) is 10.5 Å². The molecule has 1 heterocycles. The maximum absolute atomic E-state index is 11.4. The highest BCUT2D eigenvalue weighted by Crippen LogP contribution is 2.31. The van der Waals surface area contributed by atoms with Crippen LogP contribution in [0, 0.1) is 22.0 Å². The lowest BCUT2D eigenvalue weighted by atomic mass is 9.82. The summed E-state index contributed by atoms with van der Waals surface area (Å²) < 4.78 is 5.13. The summed E-state index contributed by atoms with van der Waals surface area (Å²) in [6.07, 6.45) is 8.38. The van der Waals surface area contributed by atoms with E-state index in [0.717, 1.165) is 25.2 Å². The van der Waals surface area contributed by atoms with Crippen LogP contribution in [-0.2, 0) is 13.1 Å². The van der Waals surface area contributed by atoms with Crippen molar-refractivity contribution in [3.8, 4) is 5.75 Å². The van der Waals surface area contributed by atoms with Crippen molar-refractivity contribution < 1.29 is 9.66 Å². The van der Waals surface area contributed by atoms with Gasteiger partial charge in [0.1, 0.15) is 0 Å². The molecule has 0 aliphatic heterocycles. The Morgan fingerprint density at radius 3 is 2.38 bits per heavy atom. The summed E-state index contributed by atoms with van der Waals surface area (Å²) in [5.41, 5.74) is 7.96. The largest absolute Gasteiger partial charge is 0.490 e. The molecule has 0 bridgehead atoms. The summed E-state index contributed by atoms with van der Waals surface area (Å²) in [4.78, 5) is 17.5. The predicted molar refractivity (Wildman–Crippen MR) is 113 cm³/mol. The molecule has 29 heavy (non-hydrogen) atoms. The van der Waals surface area contributed by atoms with Crippen molar-refractivity contribution in [1.82, 2.24) is 9.88 Å². The lowest BCUT2D eigenvalue weighted by molar-refractivity contribution is -0.385. The van der Waals surface area contributed by atoms with E-state index >= 15 is 0 Å². The number of ether oxygens (including phenoxy) is 1. The standard InChI is InChI=1S/C22H30N4O3/c1-29-22-7-6-20(12-21(22)26(27)28)16-25(15-19-8-10-24-11-9-19)14-18-4-2-17(13-23)3-5-18/h6-12,17-18H,2-5,13-16,23H2,1H3. The van der Waals surface area contributed by atoms with Crippen molar-refractivity contribution in [3.05, 3.63) is 64.0 Å². The molecule has 156 valence electrons. The first-order chi connectivity index (χ1) is 14.1. The zero-order valence-corrected chi connectivity index (χ0v) is 17.0. The zero-order chi connectivity index (χ0) is 20.6. The second-order valence-corrected chi connectivity index (χ2v) is 7.91. The molecule has 1 aliphatic carbocycles. The first-order valence-corrected chi connectivity index (χ1v) is 10.2. The normalized spacial score (nSPS) is 19.3. The van der Waals surface area contributed by atoms with Crippen molar-refractivity contribution in [1.29, 1.82) is 0 Å². The van der Waals surface area contributed by atoms with Crippen LogP contribution in [0.1, 0.15) is 36.8 Å². The molecule has 1 saturated carbocycles. The maximum Gasteiger partial charge on any atom is 0.311 e. The smallest absolute Gasteiger partial charge is 0.311 e. The Hall–Kier alpha value is -2.51. The predicted octanol–water partition coefficient (Wildman–Crippen LogP) is 3.77. The van der Waals surface area contributed by atoms with Crippen LogP contribution in [0.4, 0.5) is 5.69 Å². The van der Waals surface area contributed by atoms with Gasteiger partial charge in [0.05, 0.1) is 12.0 Å². The number of aromatic nitrogens is 1. The minimum absolute atomic E-state index is 0.0114. The van der Waals surface area contributed by atoms with Gasteiger partial charge in [0, 0.05) is 38.1 Å². The average Bonchev–Trinajstić information content (AvgIpc) is 2.75. The fourth-order valence-corrected chi connectivity index (χ4v) is 4.18. The quantitative estimate of drug-likeness (QED) is 0.510. The van der Waals surface area contributed by atoms with E-state index in [2.05, 4.69) is 9.88 Å². The topological polar surface area (TPSA) is 94.5 Å². The lowest BCUT2D eigenvalue weighted by Gasteiger charge is -2.32. The number of rotatable bonds is 9. The molecule has 0 amide bonds. The third kappa shape index (κ3) is 5.98. The summed E-state index contributed by atoms with van der Waals surface area (Å²) in [6.45, 7) is 3.20. The number of benzene rings is 1. The van der Waals surface area contributed by atoms with Crippen molar-refractivity contribution in [2.24, 2.45) is 17.6 Å². The maximum atomic E-state index is 11.4. The minimum atomic E-state index is -0.385. The molecule has 2 aromatic rings. The number of nitrogens with two attached hydrogens (primary N) is 1. The molecule has 1 aromatic heterocycles. The number of nitro groups is 1. The fourth-order valence-electron chi connectivity index (χ4n) is 4.18. The van der Waals surface area contributed by atoms with E-state index in [1.165, 1.54) is 38.4 Å². The van der Waals surface area contributed by atoms with Crippen molar-refractivity contribution in [2.45, 2.75) is 38.8 Å². The van der Waals surface area contributed by atoms with E-state index in [9.17, 15) is 10.1 Å². The lowest BCUT2D eigenvalue weighted by Crippen LogP contribution is -2.32. The third-order valence-electron chi connectivity index (χ3n) is 5.82. The molecule has 1 aliphatic rings. The molecule has 1 fully saturated rings. The molecule has 3 rings (SSSR count). The minimum Gasteiger partial charge on any atom is -0.490 e. The summed E-state index contributed by atoms with van der Waals surface area (Å²) in [7, 11) is 1.45. The summed E-state index contributed by atoms with van der Waals surface area (Å²) in [5, 5.41) is 11.4. The Morgan fingerprint density at radius 2 is 1.76 bits per heavy atom. The van der Waals surface area contributed by atoms with Gasteiger partial charge in [-0.2, -0.15) is 0 Å². The van der Waals surface area contributed by atoms with Gasteiger partial charge in [-0.25, -0.2) is 0 Å². The molecule has 0 spiro atoms. The second kappa shape index (κ2) is 10.3. The number of nitrogens with zero attached hydrogens (tertiary/aromatic N) is 3. The molecule has 0 radical (unpaired) electrons. The van der Waals surface area contributed by atoms with Crippen LogP contribution in [0.2, 0.25) is 0 Å². The van der Waals surface area contributed by atoms with Gasteiger partial charge in [0.25, 0.3) is 0 Å².